The second-order valence-corrected chi connectivity index (χ2v) is 5.11. The van der Waals surface area contributed by atoms with Crippen molar-refractivity contribution in [2.24, 2.45) is 5.73 Å². The van der Waals surface area contributed by atoms with Gasteiger partial charge in [0.25, 0.3) is 0 Å². The molecule has 84 valence electrons. The third-order valence-corrected chi connectivity index (χ3v) is 3.53. The van der Waals surface area contributed by atoms with E-state index in [9.17, 15) is 0 Å². The molecule has 3 heteroatoms. The number of unbranched alkanes of at least 4 members (excludes halogenated alkanes) is 3. The van der Waals surface area contributed by atoms with Crippen LogP contribution in [-0.4, -0.2) is 12.3 Å². The molecule has 1 nitrogen and oxygen atoms in total. The molecule has 0 aliphatic heterocycles. The zero-order valence-electron chi connectivity index (χ0n) is 8.92. The van der Waals surface area contributed by atoms with Gasteiger partial charge in [-0.25, -0.2) is 0 Å². The molecule has 0 fully saturated rings. The van der Waals surface area contributed by atoms with Gasteiger partial charge in [-0.2, -0.15) is 0 Å². The molecule has 2 N–H and O–H groups in total. The van der Waals surface area contributed by atoms with Gasteiger partial charge < -0.3 is 5.73 Å². The molecule has 0 saturated carbocycles. The van der Waals surface area contributed by atoms with Gasteiger partial charge in [0.2, 0.25) is 0 Å². The molecule has 1 rings (SSSR count). The highest BCUT2D eigenvalue weighted by molar-refractivity contribution is 7.99. The Kier molecular flexibility index (Phi) is 6.90. The van der Waals surface area contributed by atoms with Gasteiger partial charge in [-0.15, -0.1) is 11.8 Å². The Hall–Kier alpha value is -0.180. The molecule has 0 aromatic heterocycles. The SMILES string of the molecule is NCCCCCCSc1ccc(Cl)cc1. The summed E-state index contributed by atoms with van der Waals surface area (Å²) >= 11 is 7.71. The average molecular weight is 244 g/mol. The Morgan fingerprint density at radius 2 is 1.67 bits per heavy atom. The van der Waals surface area contributed by atoms with E-state index >= 15 is 0 Å². The first-order valence-corrected chi connectivity index (χ1v) is 6.77. The highest BCUT2D eigenvalue weighted by atomic mass is 35.5. The maximum absolute atomic E-state index is 5.81. The van der Waals surface area contributed by atoms with Crippen LogP contribution in [0.25, 0.3) is 0 Å². The van der Waals surface area contributed by atoms with E-state index < -0.39 is 0 Å². The first kappa shape index (κ1) is 12.9. The molecule has 0 saturated heterocycles. The quantitative estimate of drug-likeness (QED) is 0.580. The number of hydrogen-bond acceptors (Lipinski definition) is 2. The van der Waals surface area contributed by atoms with Crippen LogP contribution in [0.1, 0.15) is 25.7 Å². The minimum absolute atomic E-state index is 0.808. The number of nitrogens with two attached hydrogens (primary N) is 1. The van der Waals surface area contributed by atoms with Crippen molar-refractivity contribution in [3.63, 3.8) is 0 Å². The van der Waals surface area contributed by atoms with Gasteiger partial charge in [0.1, 0.15) is 0 Å². The second kappa shape index (κ2) is 8.03. The van der Waals surface area contributed by atoms with Crippen molar-refractivity contribution in [2.45, 2.75) is 30.6 Å². The number of benzene rings is 1. The summed E-state index contributed by atoms with van der Waals surface area (Å²) in [5, 5.41) is 0.808. The molecule has 0 heterocycles. The zero-order chi connectivity index (χ0) is 10.9. The predicted octanol–water partition coefficient (Wildman–Crippen LogP) is 3.95. The van der Waals surface area contributed by atoms with Crippen molar-refractivity contribution in [1.29, 1.82) is 0 Å². The van der Waals surface area contributed by atoms with E-state index in [0.717, 1.165) is 18.0 Å². The summed E-state index contributed by atoms with van der Waals surface area (Å²) in [5.41, 5.74) is 5.43. The Morgan fingerprint density at radius 1 is 1.00 bits per heavy atom. The fourth-order valence-corrected chi connectivity index (χ4v) is 2.36. The smallest absolute Gasteiger partial charge is 0.0406 e. The third-order valence-electron chi connectivity index (χ3n) is 2.18. The van der Waals surface area contributed by atoms with E-state index in [2.05, 4.69) is 12.1 Å². The summed E-state index contributed by atoms with van der Waals surface area (Å²) in [6, 6.07) is 8.04. The van der Waals surface area contributed by atoms with Gasteiger partial charge in [0.05, 0.1) is 0 Å². The van der Waals surface area contributed by atoms with E-state index in [4.69, 9.17) is 17.3 Å². The summed E-state index contributed by atoms with van der Waals surface area (Å²) in [6.45, 7) is 0.824. The van der Waals surface area contributed by atoms with Gasteiger partial charge in [-0.05, 0) is 49.4 Å². The molecule has 0 spiro atoms. The first-order chi connectivity index (χ1) is 7.33. The molecule has 0 unspecified atom stereocenters. The fraction of sp³-hybridized carbons (Fsp3) is 0.500. The largest absolute Gasteiger partial charge is 0.330 e. The van der Waals surface area contributed by atoms with Crippen molar-refractivity contribution in [3.8, 4) is 0 Å². The Morgan fingerprint density at radius 3 is 2.33 bits per heavy atom. The lowest BCUT2D eigenvalue weighted by Crippen LogP contribution is -1.97. The molecule has 1 aromatic rings. The van der Waals surface area contributed by atoms with E-state index in [0.29, 0.717) is 0 Å². The number of halogens is 1. The standard InChI is InChI=1S/C12H18ClNS/c13-11-5-7-12(8-6-11)15-10-4-2-1-3-9-14/h5-8H,1-4,9-10,14H2. The average Bonchev–Trinajstić information content (AvgIpc) is 2.26. The highest BCUT2D eigenvalue weighted by Crippen LogP contribution is 2.21. The van der Waals surface area contributed by atoms with Crippen molar-refractivity contribution in [1.82, 2.24) is 0 Å². The van der Waals surface area contributed by atoms with Crippen LogP contribution in [0, 0.1) is 0 Å². The van der Waals surface area contributed by atoms with Crippen LogP contribution >= 0.6 is 23.4 Å². The Labute approximate surface area is 101 Å². The summed E-state index contributed by atoms with van der Waals surface area (Å²) in [7, 11) is 0. The van der Waals surface area contributed by atoms with E-state index in [1.54, 1.807) is 0 Å². The predicted molar refractivity (Wildman–Crippen MR) is 69.7 cm³/mol. The third kappa shape index (κ3) is 6.08. The summed E-state index contributed by atoms with van der Waals surface area (Å²) in [6.07, 6.45) is 4.98. The number of thioether (sulfide) groups is 1. The van der Waals surface area contributed by atoms with E-state index in [1.165, 1.54) is 29.9 Å². The minimum Gasteiger partial charge on any atom is -0.330 e. The summed E-state index contributed by atoms with van der Waals surface area (Å²) in [5.74, 6) is 1.19. The zero-order valence-corrected chi connectivity index (χ0v) is 10.5. The van der Waals surface area contributed by atoms with Gasteiger partial charge >= 0.3 is 0 Å². The summed E-state index contributed by atoms with van der Waals surface area (Å²) in [4.78, 5) is 1.30. The monoisotopic (exact) mass is 243 g/mol. The molecular formula is C12H18ClNS. The van der Waals surface area contributed by atoms with Gasteiger partial charge in [0, 0.05) is 9.92 Å². The molecule has 0 aliphatic rings. The molecule has 0 radical (unpaired) electrons. The first-order valence-electron chi connectivity index (χ1n) is 5.41. The second-order valence-electron chi connectivity index (χ2n) is 3.51. The van der Waals surface area contributed by atoms with Crippen molar-refractivity contribution in [3.05, 3.63) is 29.3 Å². The van der Waals surface area contributed by atoms with Gasteiger partial charge in [-0.3, -0.25) is 0 Å². The molecule has 1 aromatic carbocycles. The lowest BCUT2D eigenvalue weighted by molar-refractivity contribution is 0.678. The van der Waals surface area contributed by atoms with Crippen LogP contribution in [0.5, 0.6) is 0 Å². The minimum atomic E-state index is 0.808. The van der Waals surface area contributed by atoms with Crippen LogP contribution in [-0.2, 0) is 0 Å². The lowest BCUT2D eigenvalue weighted by atomic mass is 10.2. The van der Waals surface area contributed by atoms with Crippen LogP contribution in [0.15, 0.2) is 29.2 Å². The van der Waals surface area contributed by atoms with Crippen molar-refractivity contribution < 1.29 is 0 Å². The molecular weight excluding hydrogens is 226 g/mol. The van der Waals surface area contributed by atoms with E-state index in [1.807, 2.05) is 23.9 Å². The molecule has 0 bridgehead atoms. The van der Waals surface area contributed by atoms with E-state index in [-0.39, 0.29) is 0 Å². The number of hydrogen-bond donors (Lipinski definition) is 1. The normalized spacial score (nSPS) is 10.5. The topological polar surface area (TPSA) is 26.0 Å². The van der Waals surface area contributed by atoms with Crippen molar-refractivity contribution in [2.75, 3.05) is 12.3 Å². The molecule has 0 atom stereocenters. The van der Waals surface area contributed by atoms with Crippen LogP contribution in [0.3, 0.4) is 0 Å². The highest BCUT2D eigenvalue weighted by Gasteiger charge is 1.94. The fourth-order valence-electron chi connectivity index (χ4n) is 1.32. The molecule has 0 aliphatic carbocycles. The van der Waals surface area contributed by atoms with Crippen LogP contribution in [0.4, 0.5) is 0 Å². The molecule has 0 amide bonds. The van der Waals surface area contributed by atoms with Gasteiger partial charge in [-0.1, -0.05) is 24.4 Å². The number of rotatable bonds is 7. The summed E-state index contributed by atoms with van der Waals surface area (Å²) < 4.78 is 0. The Balaban J connectivity index is 2.07. The van der Waals surface area contributed by atoms with Crippen LogP contribution in [0.2, 0.25) is 5.02 Å². The maximum Gasteiger partial charge on any atom is 0.0406 e. The van der Waals surface area contributed by atoms with Gasteiger partial charge in [0.15, 0.2) is 0 Å². The lowest BCUT2D eigenvalue weighted by Gasteiger charge is -2.01. The van der Waals surface area contributed by atoms with Crippen molar-refractivity contribution >= 4 is 23.4 Å². The molecule has 15 heavy (non-hydrogen) atoms. The Bertz CT molecular complexity index is 261. The maximum atomic E-state index is 5.81. The van der Waals surface area contributed by atoms with Crippen LogP contribution < -0.4 is 5.73 Å².